The third-order valence-electron chi connectivity index (χ3n) is 3.49. The highest BCUT2D eigenvalue weighted by molar-refractivity contribution is 5.96. The van der Waals surface area contributed by atoms with Gasteiger partial charge in [0.25, 0.3) is 0 Å². The number of pyridine rings is 1. The van der Waals surface area contributed by atoms with E-state index in [1.165, 1.54) is 0 Å². The van der Waals surface area contributed by atoms with Crippen LogP contribution in [0.1, 0.15) is 5.56 Å². The van der Waals surface area contributed by atoms with Crippen molar-refractivity contribution >= 4 is 22.3 Å². The highest BCUT2D eigenvalue weighted by Crippen LogP contribution is 2.28. The number of rotatable bonds is 4. The van der Waals surface area contributed by atoms with Gasteiger partial charge in [0.2, 0.25) is 0 Å². The van der Waals surface area contributed by atoms with E-state index in [9.17, 15) is 0 Å². The standard InChI is InChI=1S/C17H17N3O/c1-21-16-7-3-2-5-12(16)11-20-15-9-8-14-13(17(15)18)6-4-10-19-14/h2-10,20H,11,18H2,1H3. The smallest absolute Gasteiger partial charge is 0.123 e. The Labute approximate surface area is 123 Å². The average molecular weight is 279 g/mol. The number of hydrogen-bond acceptors (Lipinski definition) is 4. The van der Waals surface area contributed by atoms with Gasteiger partial charge in [-0.25, -0.2) is 0 Å². The molecule has 4 nitrogen and oxygen atoms in total. The van der Waals surface area contributed by atoms with Gasteiger partial charge in [-0.1, -0.05) is 18.2 Å². The maximum absolute atomic E-state index is 6.22. The first-order valence-corrected chi connectivity index (χ1v) is 6.78. The van der Waals surface area contributed by atoms with Crippen molar-refractivity contribution in [1.82, 2.24) is 4.98 Å². The molecule has 0 saturated carbocycles. The lowest BCUT2D eigenvalue weighted by Crippen LogP contribution is -2.04. The van der Waals surface area contributed by atoms with Crippen LogP contribution in [0, 0.1) is 0 Å². The first-order chi connectivity index (χ1) is 10.3. The first kappa shape index (κ1) is 13.2. The molecule has 3 N–H and O–H groups in total. The zero-order valence-electron chi connectivity index (χ0n) is 11.8. The summed E-state index contributed by atoms with van der Waals surface area (Å²) in [6.45, 7) is 0.653. The third-order valence-corrected chi connectivity index (χ3v) is 3.49. The summed E-state index contributed by atoms with van der Waals surface area (Å²) in [4.78, 5) is 4.30. The summed E-state index contributed by atoms with van der Waals surface area (Å²) in [5.41, 5.74) is 9.83. The molecule has 2 aromatic carbocycles. The van der Waals surface area contributed by atoms with Gasteiger partial charge in [0.05, 0.1) is 24.0 Å². The molecule has 4 heteroatoms. The molecule has 0 unspecified atom stereocenters. The lowest BCUT2D eigenvalue weighted by Gasteiger charge is -2.13. The summed E-state index contributed by atoms with van der Waals surface area (Å²) < 4.78 is 5.35. The van der Waals surface area contributed by atoms with E-state index in [-0.39, 0.29) is 0 Å². The molecule has 21 heavy (non-hydrogen) atoms. The summed E-state index contributed by atoms with van der Waals surface area (Å²) in [6.07, 6.45) is 1.77. The van der Waals surface area contributed by atoms with Crippen LogP contribution in [0.3, 0.4) is 0 Å². The Balaban J connectivity index is 1.87. The number of aromatic nitrogens is 1. The molecule has 3 rings (SSSR count). The van der Waals surface area contributed by atoms with Crippen LogP contribution >= 0.6 is 0 Å². The Morgan fingerprint density at radius 2 is 1.95 bits per heavy atom. The molecule has 1 aromatic heterocycles. The highest BCUT2D eigenvalue weighted by atomic mass is 16.5. The molecule has 1 heterocycles. The molecule has 0 atom stereocenters. The number of nitrogens with zero attached hydrogens (tertiary/aromatic N) is 1. The fourth-order valence-electron chi connectivity index (χ4n) is 2.37. The van der Waals surface area contributed by atoms with Crippen LogP contribution in [-0.2, 0) is 6.54 Å². The van der Waals surface area contributed by atoms with E-state index in [4.69, 9.17) is 10.5 Å². The molecular formula is C17H17N3O. The largest absolute Gasteiger partial charge is 0.496 e. The quantitative estimate of drug-likeness (QED) is 0.718. The van der Waals surface area contributed by atoms with Crippen molar-refractivity contribution in [3.63, 3.8) is 0 Å². The Morgan fingerprint density at radius 3 is 2.81 bits per heavy atom. The number of nitrogens with one attached hydrogen (secondary N) is 1. The van der Waals surface area contributed by atoms with Crippen LogP contribution in [0.25, 0.3) is 10.9 Å². The van der Waals surface area contributed by atoms with E-state index in [0.29, 0.717) is 6.54 Å². The number of nitrogens with two attached hydrogens (primary N) is 1. The maximum Gasteiger partial charge on any atom is 0.123 e. The van der Waals surface area contributed by atoms with Crippen molar-refractivity contribution in [3.05, 3.63) is 60.3 Å². The summed E-state index contributed by atoms with van der Waals surface area (Å²) in [7, 11) is 1.68. The predicted octanol–water partition coefficient (Wildman–Crippen LogP) is 3.44. The van der Waals surface area contributed by atoms with Crippen LogP contribution in [0.4, 0.5) is 11.4 Å². The van der Waals surface area contributed by atoms with Gasteiger partial charge in [-0.15, -0.1) is 0 Å². The zero-order valence-corrected chi connectivity index (χ0v) is 11.8. The fourth-order valence-corrected chi connectivity index (χ4v) is 2.37. The number of benzene rings is 2. The Morgan fingerprint density at radius 1 is 1.10 bits per heavy atom. The van der Waals surface area contributed by atoms with E-state index < -0.39 is 0 Å². The summed E-state index contributed by atoms with van der Waals surface area (Å²) in [5.74, 6) is 0.867. The van der Waals surface area contributed by atoms with Crippen LogP contribution in [-0.4, -0.2) is 12.1 Å². The van der Waals surface area contributed by atoms with Crippen molar-refractivity contribution in [2.75, 3.05) is 18.2 Å². The molecule has 0 aliphatic heterocycles. The number of ether oxygens (including phenoxy) is 1. The van der Waals surface area contributed by atoms with Crippen LogP contribution in [0.5, 0.6) is 5.75 Å². The topological polar surface area (TPSA) is 60.2 Å². The van der Waals surface area contributed by atoms with E-state index in [0.717, 1.165) is 33.6 Å². The van der Waals surface area contributed by atoms with Crippen molar-refractivity contribution in [2.45, 2.75) is 6.54 Å². The lowest BCUT2D eigenvalue weighted by atomic mass is 10.1. The molecule has 106 valence electrons. The SMILES string of the molecule is COc1ccccc1CNc1ccc2ncccc2c1N. The monoisotopic (exact) mass is 279 g/mol. The minimum Gasteiger partial charge on any atom is -0.496 e. The van der Waals surface area contributed by atoms with Crippen molar-refractivity contribution in [3.8, 4) is 5.75 Å². The second kappa shape index (κ2) is 5.71. The van der Waals surface area contributed by atoms with Crippen molar-refractivity contribution in [2.24, 2.45) is 0 Å². The van der Waals surface area contributed by atoms with E-state index in [1.807, 2.05) is 48.5 Å². The van der Waals surface area contributed by atoms with Gasteiger partial charge in [0.15, 0.2) is 0 Å². The minimum absolute atomic E-state index is 0.653. The predicted molar refractivity (Wildman–Crippen MR) is 86.5 cm³/mol. The second-order valence-corrected chi connectivity index (χ2v) is 4.76. The molecule has 0 radical (unpaired) electrons. The second-order valence-electron chi connectivity index (χ2n) is 4.76. The van der Waals surface area contributed by atoms with Crippen molar-refractivity contribution in [1.29, 1.82) is 0 Å². The highest BCUT2D eigenvalue weighted by Gasteiger charge is 2.06. The van der Waals surface area contributed by atoms with E-state index >= 15 is 0 Å². The van der Waals surface area contributed by atoms with Crippen LogP contribution in [0.2, 0.25) is 0 Å². The maximum atomic E-state index is 6.22. The minimum atomic E-state index is 0.653. The van der Waals surface area contributed by atoms with Crippen molar-refractivity contribution < 1.29 is 4.74 Å². The molecule has 0 aliphatic carbocycles. The number of hydrogen-bond donors (Lipinski definition) is 2. The third kappa shape index (κ3) is 2.60. The molecule has 0 aliphatic rings. The molecular weight excluding hydrogens is 262 g/mol. The van der Waals surface area contributed by atoms with Gasteiger partial charge in [-0.05, 0) is 30.3 Å². The Kier molecular flexibility index (Phi) is 3.60. The molecule has 0 spiro atoms. The number of anilines is 2. The summed E-state index contributed by atoms with van der Waals surface area (Å²) in [5, 5.41) is 4.32. The zero-order chi connectivity index (χ0) is 14.7. The van der Waals surface area contributed by atoms with Crippen LogP contribution < -0.4 is 15.8 Å². The number of para-hydroxylation sites is 1. The van der Waals surface area contributed by atoms with Crippen LogP contribution in [0.15, 0.2) is 54.7 Å². The number of fused-ring (bicyclic) bond motifs is 1. The first-order valence-electron chi connectivity index (χ1n) is 6.78. The number of methoxy groups -OCH3 is 1. The average Bonchev–Trinajstić information content (AvgIpc) is 2.55. The molecule has 0 saturated heterocycles. The molecule has 0 amide bonds. The van der Waals surface area contributed by atoms with Gasteiger partial charge < -0.3 is 15.8 Å². The Hall–Kier alpha value is -2.75. The van der Waals surface area contributed by atoms with E-state index in [2.05, 4.69) is 10.3 Å². The summed E-state index contributed by atoms with van der Waals surface area (Å²) >= 11 is 0. The van der Waals surface area contributed by atoms with E-state index in [1.54, 1.807) is 13.3 Å². The van der Waals surface area contributed by atoms with Gasteiger partial charge in [-0.3, -0.25) is 4.98 Å². The van der Waals surface area contributed by atoms with Gasteiger partial charge in [0, 0.05) is 23.7 Å². The molecule has 0 bridgehead atoms. The van der Waals surface area contributed by atoms with Gasteiger partial charge in [-0.2, -0.15) is 0 Å². The molecule has 0 fully saturated rings. The van der Waals surface area contributed by atoms with Gasteiger partial charge >= 0.3 is 0 Å². The summed E-state index contributed by atoms with van der Waals surface area (Å²) in [6, 6.07) is 15.7. The number of nitrogen functional groups attached to an aromatic ring is 1. The lowest BCUT2D eigenvalue weighted by molar-refractivity contribution is 0.410. The molecule has 3 aromatic rings. The van der Waals surface area contributed by atoms with Gasteiger partial charge in [0.1, 0.15) is 5.75 Å². The normalized spacial score (nSPS) is 10.5. The fraction of sp³-hybridized carbons (Fsp3) is 0.118. The Bertz CT molecular complexity index is 771.